The van der Waals surface area contributed by atoms with Crippen molar-refractivity contribution < 1.29 is 4.79 Å². The van der Waals surface area contributed by atoms with Gasteiger partial charge in [-0.1, -0.05) is 19.1 Å². The molecule has 2 amide bonds. The van der Waals surface area contributed by atoms with Gasteiger partial charge in [-0.15, -0.1) is 0 Å². The van der Waals surface area contributed by atoms with Gasteiger partial charge >= 0.3 is 6.03 Å². The number of aryl methyl sites for hydroxylation is 2. The molecule has 0 atom stereocenters. The molecule has 1 heterocycles. The second-order valence-electron chi connectivity index (χ2n) is 6.89. The number of carbonyl (C=O) groups is 1. The minimum atomic E-state index is -0.277. The summed E-state index contributed by atoms with van der Waals surface area (Å²) in [5.41, 5.74) is 3.52. The molecule has 3 aromatic rings. The van der Waals surface area contributed by atoms with Gasteiger partial charge in [-0.25, -0.2) is 14.8 Å². The predicted molar refractivity (Wildman–Crippen MR) is 119 cm³/mol. The Hall–Kier alpha value is -3.61. The summed E-state index contributed by atoms with van der Waals surface area (Å²) < 4.78 is 0. The summed E-state index contributed by atoms with van der Waals surface area (Å²) >= 11 is 0. The van der Waals surface area contributed by atoms with Crippen molar-refractivity contribution in [3.63, 3.8) is 0 Å². The van der Waals surface area contributed by atoms with Crippen molar-refractivity contribution in [2.75, 3.05) is 34.9 Å². The quantitative estimate of drug-likeness (QED) is 0.563. The second kappa shape index (κ2) is 9.05. The van der Waals surface area contributed by atoms with Crippen molar-refractivity contribution in [1.82, 2.24) is 9.97 Å². The lowest BCUT2D eigenvalue weighted by molar-refractivity contribution is 0.262. The third-order valence-corrected chi connectivity index (χ3v) is 4.29. The predicted octanol–water partition coefficient (Wildman–Crippen LogP) is 4.80. The number of nitrogens with zero attached hydrogens (tertiary/aromatic N) is 3. The molecule has 3 N–H and O–H groups in total. The number of carbonyl (C=O) groups excluding carboxylic acids is 1. The summed E-state index contributed by atoms with van der Waals surface area (Å²) in [5.74, 6) is 2.25. The molecule has 7 nitrogen and oxygen atoms in total. The van der Waals surface area contributed by atoms with Crippen LogP contribution in [0.2, 0.25) is 0 Å². The zero-order chi connectivity index (χ0) is 20.8. The summed E-state index contributed by atoms with van der Waals surface area (Å²) in [6, 6.07) is 16.9. The molecule has 150 valence electrons. The number of hydrogen-bond acceptors (Lipinski definition) is 5. The van der Waals surface area contributed by atoms with Crippen LogP contribution in [0.4, 0.5) is 33.5 Å². The van der Waals surface area contributed by atoms with Gasteiger partial charge in [-0.3, -0.25) is 0 Å². The zero-order valence-corrected chi connectivity index (χ0v) is 17.2. The van der Waals surface area contributed by atoms with Crippen LogP contribution in [0.1, 0.15) is 18.3 Å². The molecular formula is C22H26N6O. The monoisotopic (exact) mass is 390 g/mol. The molecule has 0 radical (unpaired) electrons. The van der Waals surface area contributed by atoms with Crippen LogP contribution in [0.5, 0.6) is 0 Å². The molecule has 29 heavy (non-hydrogen) atoms. The molecule has 0 fully saturated rings. The van der Waals surface area contributed by atoms with E-state index < -0.39 is 0 Å². The Morgan fingerprint density at radius 3 is 2.31 bits per heavy atom. The van der Waals surface area contributed by atoms with E-state index in [4.69, 9.17) is 0 Å². The maximum absolute atomic E-state index is 12.2. The Morgan fingerprint density at radius 2 is 1.62 bits per heavy atom. The molecule has 0 bridgehead atoms. The average Bonchev–Trinajstić information content (AvgIpc) is 2.69. The van der Waals surface area contributed by atoms with Gasteiger partial charge in [0.05, 0.1) is 0 Å². The van der Waals surface area contributed by atoms with Crippen LogP contribution in [0.25, 0.3) is 0 Å². The highest BCUT2D eigenvalue weighted by Gasteiger charge is 2.06. The highest BCUT2D eigenvalue weighted by atomic mass is 16.2. The van der Waals surface area contributed by atoms with Gasteiger partial charge in [0.1, 0.15) is 17.5 Å². The van der Waals surface area contributed by atoms with Crippen LogP contribution in [0.15, 0.2) is 54.6 Å². The molecule has 0 saturated heterocycles. The van der Waals surface area contributed by atoms with Gasteiger partial charge in [0, 0.05) is 37.2 Å². The third-order valence-electron chi connectivity index (χ3n) is 4.29. The van der Waals surface area contributed by atoms with E-state index >= 15 is 0 Å². The van der Waals surface area contributed by atoms with Crippen LogP contribution in [-0.2, 0) is 6.42 Å². The Balaban J connectivity index is 1.62. The largest absolute Gasteiger partial charge is 0.363 e. The van der Waals surface area contributed by atoms with Crippen LogP contribution in [0, 0.1) is 6.92 Å². The van der Waals surface area contributed by atoms with E-state index in [-0.39, 0.29) is 6.03 Å². The summed E-state index contributed by atoms with van der Waals surface area (Å²) in [7, 11) is 3.88. The first-order valence-electron chi connectivity index (χ1n) is 9.50. The standard InChI is InChI=1S/C22H26N6O/c1-5-16-7-6-8-19(13-16)27-22(29)26-18-11-9-17(10-12-18)25-20-14-21(28(3)4)24-15(2)23-20/h6-14H,5H2,1-4H3,(H,23,24,25)(H2,26,27,29). The van der Waals surface area contributed by atoms with E-state index in [1.54, 1.807) is 0 Å². The number of amides is 2. The van der Waals surface area contributed by atoms with E-state index in [2.05, 4.69) is 32.8 Å². The molecule has 0 unspecified atom stereocenters. The van der Waals surface area contributed by atoms with Gasteiger partial charge < -0.3 is 20.9 Å². The lowest BCUT2D eigenvalue weighted by Gasteiger charge is -2.14. The molecule has 0 aliphatic carbocycles. The molecule has 0 spiro atoms. The van der Waals surface area contributed by atoms with Crippen LogP contribution in [0.3, 0.4) is 0 Å². The molecule has 1 aromatic heterocycles. The van der Waals surface area contributed by atoms with Crippen molar-refractivity contribution in [3.05, 3.63) is 66.0 Å². The minimum absolute atomic E-state index is 0.277. The Kier molecular flexibility index (Phi) is 6.29. The Labute approximate surface area is 171 Å². The summed E-state index contributed by atoms with van der Waals surface area (Å²) in [6.45, 7) is 3.94. The second-order valence-corrected chi connectivity index (χ2v) is 6.89. The maximum Gasteiger partial charge on any atom is 0.323 e. The number of aromatic nitrogens is 2. The molecule has 0 saturated carbocycles. The number of anilines is 5. The number of urea groups is 1. The highest BCUT2D eigenvalue weighted by Crippen LogP contribution is 2.20. The Bertz CT molecular complexity index is 985. The van der Waals surface area contributed by atoms with E-state index in [0.717, 1.165) is 29.4 Å². The third kappa shape index (κ3) is 5.68. The van der Waals surface area contributed by atoms with Crippen molar-refractivity contribution in [3.8, 4) is 0 Å². The molecule has 0 aliphatic heterocycles. The van der Waals surface area contributed by atoms with Gasteiger partial charge in [-0.05, 0) is 55.3 Å². The fourth-order valence-electron chi connectivity index (χ4n) is 2.79. The van der Waals surface area contributed by atoms with Crippen molar-refractivity contribution in [2.24, 2.45) is 0 Å². The van der Waals surface area contributed by atoms with E-state index in [1.165, 1.54) is 5.56 Å². The maximum atomic E-state index is 12.2. The van der Waals surface area contributed by atoms with Gasteiger partial charge in [0.25, 0.3) is 0 Å². The summed E-state index contributed by atoms with van der Waals surface area (Å²) in [6.07, 6.45) is 0.924. The van der Waals surface area contributed by atoms with Crippen LogP contribution < -0.4 is 20.9 Å². The number of hydrogen-bond donors (Lipinski definition) is 3. The number of rotatable bonds is 6. The van der Waals surface area contributed by atoms with Crippen molar-refractivity contribution in [2.45, 2.75) is 20.3 Å². The molecule has 7 heteroatoms. The molecule has 0 aliphatic rings. The van der Waals surface area contributed by atoms with Gasteiger partial charge in [0.15, 0.2) is 0 Å². The minimum Gasteiger partial charge on any atom is -0.363 e. The smallest absolute Gasteiger partial charge is 0.323 e. The van der Waals surface area contributed by atoms with Gasteiger partial charge in [0.2, 0.25) is 0 Å². The number of nitrogens with one attached hydrogen (secondary N) is 3. The average molecular weight is 390 g/mol. The fourth-order valence-corrected chi connectivity index (χ4v) is 2.79. The van der Waals surface area contributed by atoms with E-state index in [9.17, 15) is 4.79 Å². The van der Waals surface area contributed by atoms with Crippen LogP contribution in [-0.4, -0.2) is 30.1 Å². The summed E-state index contributed by atoms with van der Waals surface area (Å²) in [4.78, 5) is 23.0. The van der Waals surface area contributed by atoms with Crippen LogP contribution >= 0.6 is 0 Å². The van der Waals surface area contributed by atoms with E-state index in [0.29, 0.717) is 11.5 Å². The lowest BCUT2D eigenvalue weighted by Crippen LogP contribution is -2.19. The van der Waals surface area contributed by atoms with Gasteiger partial charge in [-0.2, -0.15) is 0 Å². The first-order chi connectivity index (χ1) is 13.9. The molecule has 3 rings (SSSR count). The summed E-state index contributed by atoms with van der Waals surface area (Å²) in [5, 5.41) is 8.96. The zero-order valence-electron chi connectivity index (χ0n) is 17.2. The fraction of sp³-hybridized carbons (Fsp3) is 0.227. The van der Waals surface area contributed by atoms with Crippen molar-refractivity contribution >= 4 is 34.7 Å². The normalized spacial score (nSPS) is 10.3. The first-order valence-corrected chi connectivity index (χ1v) is 9.50. The SMILES string of the molecule is CCc1cccc(NC(=O)Nc2ccc(Nc3cc(N(C)C)nc(C)n3)cc2)c1. The molecule has 2 aromatic carbocycles. The topological polar surface area (TPSA) is 82.2 Å². The highest BCUT2D eigenvalue weighted by molar-refractivity contribution is 5.99. The van der Waals surface area contributed by atoms with E-state index in [1.807, 2.05) is 80.5 Å². The number of benzene rings is 2. The first kappa shape index (κ1) is 20.1. The van der Waals surface area contributed by atoms with Crippen molar-refractivity contribution in [1.29, 1.82) is 0 Å². The lowest BCUT2D eigenvalue weighted by atomic mass is 10.1. The Morgan fingerprint density at radius 1 is 0.931 bits per heavy atom. The molecular weight excluding hydrogens is 364 g/mol.